The van der Waals surface area contributed by atoms with Crippen LogP contribution in [-0.2, 0) is 9.53 Å². The van der Waals surface area contributed by atoms with Gasteiger partial charge in [-0.2, -0.15) is 0 Å². The number of hydrogen-bond acceptors (Lipinski definition) is 5. The number of benzene rings is 1. The first-order chi connectivity index (χ1) is 16.1. The number of fused-ring (bicyclic) bond motifs is 1. The van der Waals surface area contributed by atoms with E-state index in [9.17, 15) is 9.59 Å². The van der Waals surface area contributed by atoms with E-state index in [0.29, 0.717) is 30.5 Å². The second-order valence-electron chi connectivity index (χ2n) is 9.91. The Hall–Kier alpha value is -2.12. The van der Waals surface area contributed by atoms with Crippen LogP contribution in [0.3, 0.4) is 0 Å². The van der Waals surface area contributed by atoms with Gasteiger partial charge in [0.2, 0.25) is 5.91 Å². The van der Waals surface area contributed by atoms with Crippen molar-refractivity contribution in [1.82, 2.24) is 15.5 Å². The SMILES string of the molecule is C[C@H]1COc2ccccc2C(=O)NCCCCCC2(CCN(C3CCOCC3)CC2)C(=O)N1. The Kier molecular flexibility index (Phi) is 8.25. The highest BCUT2D eigenvalue weighted by Crippen LogP contribution is 2.38. The summed E-state index contributed by atoms with van der Waals surface area (Å²) in [7, 11) is 0. The van der Waals surface area contributed by atoms with Gasteiger partial charge in [-0.15, -0.1) is 0 Å². The lowest BCUT2D eigenvalue weighted by Crippen LogP contribution is -2.53. The summed E-state index contributed by atoms with van der Waals surface area (Å²) in [5.74, 6) is 0.627. The maximum atomic E-state index is 13.5. The topological polar surface area (TPSA) is 79.9 Å². The van der Waals surface area contributed by atoms with Crippen molar-refractivity contribution in [1.29, 1.82) is 0 Å². The molecule has 2 amide bonds. The molecule has 0 bridgehead atoms. The number of para-hydroxylation sites is 1. The smallest absolute Gasteiger partial charge is 0.255 e. The molecule has 1 aromatic carbocycles. The van der Waals surface area contributed by atoms with E-state index in [-0.39, 0.29) is 23.3 Å². The van der Waals surface area contributed by atoms with E-state index in [4.69, 9.17) is 9.47 Å². The summed E-state index contributed by atoms with van der Waals surface area (Å²) in [4.78, 5) is 28.7. The summed E-state index contributed by atoms with van der Waals surface area (Å²) < 4.78 is 11.5. The molecule has 0 unspecified atom stereocenters. The molecule has 182 valence electrons. The number of carbonyl (C=O) groups excluding carboxylic acids is 2. The summed E-state index contributed by atoms with van der Waals surface area (Å²) in [5.41, 5.74) is 0.236. The van der Waals surface area contributed by atoms with E-state index in [1.807, 2.05) is 25.1 Å². The number of nitrogens with one attached hydrogen (secondary N) is 2. The minimum atomic E-state index is -0.308. The molecule has 33 heavy (non-hydrogen) atoms. The highest BCUT2D eigenvalue weighted by molar-refractivity contribution is 5.96. The van der Waals surface area contributed by atoms with Gasteiger partial charge in [-0.05, 0) is 70.7 Å². The van der Waals surface area contributed by atoms with E-state index >= 15 is 0 Å². The fraction of sp³-hybridized carbons (Fsp3) is 0.692. The molecule has 4 rings (SSSR count). The van der Waals surface area contributed by atoms with Crippen LogP contribution in [0.1, 0.15) is 68.6 Å². The van der Waals surface area contributed by atoms with Gasteiger partial charge in [-0.1, -0.05) is 25.0 Å². The van der Waals surface area contributed by atoms with Crippen molar-refractivity contribution >= 4 is 11.8 Å². The normalized spacial score (nSPS) is 26.3. The highest BCUT2D eigenvalue weighted by Gasteiger charge is 2.42. The minimum Gasteiger partial charge on any atom is -0.491 e. The predicted octanol–water partition coefficient (Wildman–Crippen LogP) is 3.14. The third-order valence-electron chi connectivity index (χ3n) is 7.56. The zero-order valence-electron chi connectivity index (χ0n) is 19.9. The van der Waals surface area contributed by atoms with Gasteiger partial charge in [-0.3, -0.25) is 9.59 Å². The molecule has 2 N–H and O–H groups in total. The first-order valence-electron chi connectivity index (χ1n) is 12.7. The van der Waals surface area contributed by atoms with Crippen molar-refractivity contribution in [2.24, 2.45) is 5.41 Å². The van der Waals surface area contributed by atoms with Crippen LogP contribution in [0.2, 0.25) is 0 Å². The van der Waals surface area contributed by atoms with Gasteiger partial charge in [0.1, 0.15) is 12.4 Å². The molecule has 0 saturated carbocycles. The molecule has 0 aliphatic carbocycles. The number of rotatable bonds is 1. The van der Waals surface area contributed by atoms with Crippen LogP contribution >= 0.6 is 0 Å². The summed E-state index contributed by atoms with van der Waals surface area (Å²) in [5, 5.41) is 6.27. The molecule has 1 aromatic rings. The van der Waals surface area contributed by atoms with E-state index < -0.39 is 0 Å². The minimum absolute atomic E-state index is 0.103. The zero-order valence-corrected chi connectivity index (χ0v) is 19.9. The maximum absolute atomic E-state index is 13.5. The Bertz CT molecular complexity index is 800. The number of hydrogen-bond donors (Lipinski definition) is 2. The number of ether oxygens (including phenoxy) is 2. The van der Waals surface area contributed by atoms with E-state index in [0.717, 1.165) is 77.7 Å². The van der Waals surface area contributed by atoms with Crippen LogP contribution in [0.15, 0.2) is 24.3 Å². The molecular formula is C26H39N3O4. The van der Waals surface area contributed by atoms with Gasteiger partial charge < -0.3 is 25.0 Å². The summed E-state index contributed by atoms with van der Waals surface area (Å²) >= 11 is 0. The van der Waals surface area contributed by atoms with Crippen molar-refractivity contribution in [2.75, 3.05) is 39.5 Å². The number of likely N-dealkylation sites (tertiary alicyclic amines) is 1. The molecule has 2 fully saturated rings. The van der Waals surface area contributed by atoms with Crippen molar-refractivity contribution in [2.45, 2.75) is 70.4 Å². The standard InChI is InChI=1S/C26H39N3O4/c1-20-19-33-23-8-4-3-7-22(23)24(30)27-14-6-2-5-11-26(25(31)28-20)12-15-29(16-13-26)21-9-17-32-18-10-21/h3-4,7-8,20-21H,2,5-6,9-19H2,1H3,(H,27,30)(H,28,31)/t20-/m0/s1. The van der Waals surface area contributed by atoms with E-state index in [1.54, 1.807) is 6.07 Å². The van der Waals surface area contributed by atoms with Crippen molar-refractivity contribution < 1.29 is 19.1 Å². The summed E-state index contributed by atoms with van der Waals surface area (Å²) in [6.07, 6.45) is 7.84. The zero-order chi connectivity index (χ0) is 23.1. The third kappa shape index (κ3) is 6.07. The third-order valence-corrected chi connectivity index (χ3v) is 7.56. The fourth-order valence-electron chi connectivity index (χ4n) is 5.43. The van der Waals surface area contributed by atoms with Gasteiger partial charge in [-0.25, -0.2) is 0 Å². The van der Waals surface area contributed by atoms with Crippen LogP contribution in [0, 0.1) is 5.41 Å². The summed E-state index contributed by atoms with van der Waals surface area (Å²) in [6, 6.07) is 7.77. The van der Waals surface area contributed by atoms with Crippen molar-refractivity contribution in [3.05, 3.63) is 29.8 Å². The van der Waals surface area contributed by atoms with Crippen molar-refractivity contribution in [3.63, 3.8) is 0 Å². The van der Waals surface area contributed by atoms with Crippen LogP contribution < -0.4 is 15.4 Å². The predicted molar refractivity (Wildman–Crippen MR) is 127 cm³/mol. The molecule has 0 radical (unpaired) electrons. The molecule has 0 aromatic heterocycles. The van der Waals surface area contributed by atoms with Crippen LogP contribution in [-0.4, -0.2) is 68.3 Å². The molecule has 2 saturated heterocycles. The Balaban J connectivity index is 1.43. The Labute approximate surface area is 197 Å². The van der Waals surface area contributed by atoms with Gasteiger partial charge >= 0.3 is 0 Å². The quantitative estimate of drug-likeness (QED) is 0.677. The lowest BCUT2D eigenvalue weighted by atomic mass is 9.73. The highest BCUT2D eigenvalue weighted by atomic mass is 16.5. The number of carbonyl (C=O) groups is 2. The van der Waals surface area contributed by atoms with Gasteiger partial charge in [0.05, 0.1) is 17.0 Å². The lowest BCUT2D eigenvalue weighted by Gasteiger charge is -2.45. The first kappa shape index (κ1) is 24.0. The van der Waals surface area contributed by atoms with Gasteiger partial charge in [0.15, 0.2) is 0 Å². The second-order valence-corrected chi connectivity index (χ2v) is 9.91. The van der Waals surface area contributed by atoms with Crippen LogP contribution in [0.25, 0.3) is 0 Å². The number of amides is 2. The molecule has 7 heteroatoms. The average molecular weight is 458 g/mol. The largest absolute Gasteiger partial charge is 0.491 e. The molecular weight excluding hydrogens is 418 g/mol. The Morgan fingerprint density at radius 1 is 1.00 bits per heavy atom. The molecule has 7 nitrogen and oxygen atoms in total. The number of nitrogens with zero attached hydrogens (tertiary/aromatic N) is 1. The second kappa shape index (κ2) is 11.3. The van der Waals surface area contributed by atoms with Crippen LogP contribution in [0.4, 0.5) is 0 Å². The van der Waals surface area contributed by atoms with Crippen molar-refractivity contribution in [3.8, 4) is 5.75 Å². The molecule has 1 atom stereocenters. The van der Waals surface area contributed by atoms with E-state index in [2.05, 4.69) is 15.5 Å². The molecule has 3 aliphatic heterocycles. The van der Waals surface area contributed by atoms with Crippen LogP contribution in [0.5, 0.6) is 5.75 Å². The molecule has 3 aliphatic rings. The molecule has 1 spiro atoms. The number of piperidine rings is 1. The van der Waals surface area contributed by atoms with Gasteiger partial charge in [0, 0.05) is 25.8 Å². The maximum Gasteiger partial charge on any atom is 0.255 e. The first-order valence-corrected chi connectivity index (χ1v) is 12.7. The Morgan fingerprint density at radius 2 is 1.76 bits per heavy atom. The van der Waals surface area contributed by atoms with E-state index in [1.165, 1.54) is 0 Å². The lowest BCUT2D eigenvalue weighted by molar-refractivity contribution is -0.136. The van der Waals surface area contributed by atoms with Gasteiger partial charge in [0.25, 0.3) is 5.91 Å². The molecule has 3 heterocycles. The average Bonchev–Trinajstić information content (AvgIpc) is 2.85. The Morgan fingerprint density at radius 3 is 2.55 bits per heavy atom. The summed E-state index contributed by atoms with van der Waals surface area (Å²) in [6.45, 7) is 6.61. The fourth-order valence-corrected chi connectivity index (χ4v) is 5.43. The monoisotopic (exact) mass is 457 g/mol.